The Bertz CT molecular complexity index is 702. The Labute approximate surface area is 150 Å². The van der Waals surface area contributed by atoms with Crippen LogP contribution in [0.2, 0.25) is 0 Å². The Morgan fingerprint density at radius 2 is 2.20 bits per heavy atom. The van der Waals surface area contributed by atoms with Gasteiger partial charge in [-0.1, -0.05) is 20.3 Å². The number of hydrogen-bond donors (Lipinski definition) is 0. The van der Waals surface area contributed by atoms with Crippen LogP contribution in [0.4, 0.5) is 0 Å². The van der Waals surface area contributed by atoms with Gasteiger partial charge < -0.3 is 0 Å². The molecule has 0 spiro atoms. The van der Waals surface area contributed by atoms with Gasteiger partial charge in [-0.05, 0) is 67.6 Å². The second-order valence-electron chi connectivity index (χ2n) is 9.13. The topological polar surface area (TPSA) is 58.7 Å². The first-order chi connectivity index (χ1) is 12.0. The fourth-order valence-electron chi connectivity index (χ4n) is 6.51. The van der Waals surface area contributed by atoms with Gasteiger partial charge in [-0.2, -0.15) is 10.4 Å². The van der Waals surface area contributed by atoms with E-state index in [0.29, 0.717) is 17.9 Å². The van der Waals surface area contributed by atoms with Crippen molar-refractivity contribution >= 4 is 5.78 Å². The number of fused-ring (bicyclic) bond motifs is 3. The van der Waals surface area contributed by atoms with Crippen LogP contribution in [0.5, 0.6) is 0 Å². The highest BCUT2D eigenvalue weighted by molar-refractivity contribution is 5.82. The largest absolute Gasteiger partial charge is 0.297 e. The van der Waals surface area contributed by atoms with Gasteiger partial charge in [-0.25, -0.2) is 0 Å². The van der Waals surface area contributed by atoms with Crippen molar-refractivity contribution < 1.29 is 4.79 Å². The molecule has 1 unspecified atom stereocenters. The highest BCUT2D eigenvalue weighted by Crippen LogP contribution is 2.62. The lowest BCUT2D eigenvalue weighted by Gasteiger charge is -2.51. The molecule has 4 heteroatoms. The molecule has 0 N–H and O–H groups in total. The average molecular weight is 339 g/mol. The Kier molecular flexibility index (Phi) is 4.22. The molecule has 0 bridgehead atoms. The molecule has 0 amide bonds. The summed E-state index contributed by atoms with van der Waals surface area (Å²) in [4.78, 5) is 13.0. The maximum Gasteiger partial charge on any atom is 0.157 e. The minimum atomic E-state index is 0.174. The molecule has 3 fully saturated rings. The first-order valence-corrected chi connectivity index (χ1v) is 9.96. The predicted molar refractivity (Wildman–Crippen MR) is 95.5 cm³/mol. The molecule has 3 aliphatic carbocycles. The van der Waals surface area contributed by atoms with E-state index in [-0.39, 0.29) is 11.3 Å². The van der Waals surface area contributed by atoms with E-state index in [1.807, 2.05) is 0 Å². The van der Waals surface area contributed by atoms with Gasteiger partial charge in [0.05, 0.1) is 18.3 Å². The van der Waals surface area contributed by atoms with E-state index in [1.54, 1.807) is 17.1 Å². The molecular formula is C21H29N3O. The van der Waals surface area contributed by atoms with Crippen molar-refractivity contribution in [3.05, 3.63) is 18.0 Å². The smallest absolute Gasteiger partial charge is 0.157 e. The van der Waals surface area contributed by atoms with Gasteiger partial charge in [0.2, 0.25) is 0 Å². The Balaban J connectivity index is 1.49. The molecule has 3 saturated carbocycles. The standard InChI is InChI=1S/C21H29N3O/c1-14-3-4-17-16(9-14)7-8-21(2)18(17)5-6-19(21)20(25)13-24-12-15(10-22)11-23-24/h11-12,14,16-19H,3-9,13H2,1-2H3/t14-,16+,17?,18-,19+,21-/m0/s1. The molecule has 0 saturated heterocycles. The fraction of sp³-hybridized carbons (Fsp3) is 0.762. The number of ketones is 1. The van der Waals surface area contributed by atoms with Gasteiger partial charge in [0.15, 0.2) is 5.78 Å². The molecule has 0 aliphatic heterocycles. The van der Waals surface area contributed by atoms with Crippen LogP contribution >= 0.6 is 0 Å². The third kappa shape index (κ3) is 2.82. The number of nitrogens with zero attached hydrogens (tertiary/aromatic N) is 3. The number of carbonyl (C=O) groups excluding carboxylic acids is 1. The second kappa shape index (κ2) is 6.27. The molecule has 0 aromatic carbocycles. The monoisotopic (exact) mass is 339 g/mol. The lowest BCUT2D eigenvalue weighted by atomic mass is 9.54. The Morgan fingerprint density at radius 3 is 2.96 bits per heavy atom. The molecular weight excluding hydrogens is 310 g/mol. The minimum Gasteiger partial charge on any atom is -0.297 e. The van der Waals surface area contributed by atoms with Gasteiger partial charge in [0.1, 0.15) is 6.07 Å². The number of nitriles is 1. The number of Topliss-reactive ketones (excluding diaryl/α,β-unsaturated/α-hetero) is 1. The second-order valence-corrected chi connectivity index (χ2v) is 9.13. The van der Waals surface area contributed by atoms with E-state index in [4.69, 9.17) is 5.26 Å². The number of hydrogen-bond acceptors (Lipinski definition) is 3. The zero-order valence-electron chi connectivity index (χ0n) is 15.4. The van der Waals surface area contributed by atoms with Gasteiger partial charge in [0, 0.05) is 12.1 Å². The van der Waals surface area contributed by atoms with E-state index in [9.17, 15) is 4.79 Å². The Morgan fingerprint density at radius 1 is 1.36 bits per heavy atom. The van der Waals surface area contributed by atoms with E-state index in [0.717, 1.165) is 30.1 Å². The summed E-state index contributed by atoms with van der Waals surface area (Å²) in [6, 6.07) is 2.08. The molecule has 134 valence electrons. The summed E-state index contributed by atoms with van der Waals surface area (Å²) in [5.41, 5.74) is 0.712. The van der Waals surface area contributed by atoms with E-state index < -0.39 is 0 Å². The zero-order chi connectivity index (χ0) is 17.6. The molecule has 25 heavy (non-hydrogen) atoms. The summed E-state index contributed by atoms with van der Waals surface area (Å²) in [6.07, 6.45) is 12.2. The SMILES string of the molecule is C[C@H]1CCC2[C@H](CC[C@]3(C)[C@@H](C(=O)Cn4cc(C#N)cn4)CC[C@@H]23)C1. The molecule has 6 atom stereocenters. The van der Waals surface area contributed by atoms with Crippen molar-refractivity contribution in [2.45, 2.75) is 65.3 Å². The highest BCUT2D eigenvalue weighted by atomic mass is 16.1. The van der Waals surface area contributed by atoms with Crippen LogP contribution in [-0.2, 0) is 11.3 Å². The summed E-state index contributed by atoms with van der Waals surface area (Å²) in [7, 11) is 0. The summed E-state index contributed by atoms with van der Waals surface area (Å²) in [5.74, 6) is 3.87. The van der Waals surface area contributed by atoms with Crippen LogP contribution in [0.1, 0.15) is 64.4 Å². The minimum absolute atomic E-state index is 0.174. The van der Waals surface area contributed by atoms with E-state index in [2.05, 4.69) is 25.0 Å². The maximum atomic E-state index is 13.0. The summed E-state index contributed by atoms with van der Waals surface area (Å²) in [5, 5.41) is 13.1. The lowest BCUT2D eigenvalue weighted by molar-refractivity contribution is -0.129. The molecule has 4 nitrogen and oxygen atoms in total. The van der Waals surface area contributed by atoms with Crippen molar-refractivity contribution in [1.82, 2.24) is 9.78 Å². The summed E-state index contributed by atoms with van der Waals surface area (Å²) >= 11 is 0. The normalized spacial score (nSPS) is 40.1. The Hall–Kier alpha value is -1.63. The van der Waals surface area contributed by atoms with Crippen LogP contribution in [0, 0.1) is 46.3 Å². The predicted octanol–water partition coefficient (Wildman–Crippen LogP) is 4.20. The van der Waals surface area contributed by atoms with Crippen LogP contribution in [0.15, 0.2) is 12.4 Å². The van der Waals surface area contributed by atoms with Crippen molar-refractivity contribution in [1.29, 1.82) is 5.26 Å². The first-order valence-electron chi connectivity index (χ1n) is 9.96. The van der Waals surface area contributed by atoms with Gasteiger partial charge in [-0.15, -0.1) is 0 Å². The number of aromatic nitrogens is 2. The van der Waals surface area contributed by atoms with Crippen molar-refractivity contribution in [3.8, 4) is 6.07 Å². The molecule has 1 heterocycles. The fourth-order valence-corrected chi connectivity index (χ4v) is 6.51. The van der Waals surface area contributed by atoms with Crippen molar-refractivity contribution in [3.63, 3.8) is 0 Å². The third-order valence-corrected chi connectivity index (χ3v) is 7.75. The molecule has 0 radical (unpaired) electrons. The van der Waals surface area contributed by atoms with Crippen molar-refractivity contribution in [2.24, 2.45) is 35.0 Å². The first kappa shape index (κ1) is 16.8. The summed E-state index contributed by atoms with van der Waals surface area (Å²) in [6.45, 7) is 5.12. The number of carbonyl (C=O) groups is 1. The molecule has 1 aromatic heterocycles. The maximum absolute atomic E-state index is 13.0. The van der Waals surface area contributed by atoms with Gasteiger partial charge >= 0.3 is 0 Å². The van der Waals surface area contributed by atoms with Crippen LogP contribution < -0.4 is 0 Å². The van der Waals surface area contributed by atoms with E-state index in [1.165, 1.54) is 38.5 Å². The van der Waals surface area contributed by atoms with Gasteiger partial charge in [-0.3, -0.25) is 9.48 Å². The quantitative estimate of drug-likeness (QED) is 0.829. The molecule has 1 aromatic rings. The summed E-state index contributed by atoms with van der Waals surface area (Å²) < 4.78 is 1.64. The van der Waals surface area contributed by atoms with Crippen LogP contribution in [-0.4, -0.2) is 15.6 Å². The third-order valence-electron chi connectivity index (χ3n) is 7.75. The zero-order valence-corrected chi connectivity index (χ0v) is 15.4. The van der Waals surface area contributed by atoms with Crippen LogP contribution in [0.3, 0.4) is 0 Å². The number of rotatable bonds is 3. The van der Waals surface area contributed by atoms with Crippen LogP contribution in [0.25, 0.3) is 0 Å². The molecule has 4 rings (SSSR count). The molecule has 3 aliphatic rings. The van der Waals surface area contributed by atoms with Crippen molar-refractivity contribution in [2.75, 3.05) is 0 Å². The highest BCUT2D eigenvalue weighted by Gasteiger charge is 2.56. The average Bonchev–Trinajstić information content (AvgIpc) is 3.18. The van der Waals surface area contributed by atoms with Gasteiger partial charge in [0.25, 0.3) is 0 Å². The lowest BCUT2D eigenvalue weighted by Crippen LogP contribution is -2.45. The van der Waals surface area contributed by atoms with E-state index >= 15 is 0 Å².